The summed E-state index contributed by atoms with van der Waals surface area (Å²) >= 11 is 0. The quantitative estimate of drug-likeness (QED) is 0.425. The summed E-state index contributed by atoms with van der Waals surface area (Å²) in [4.78, 5) is 0. The number of hydrogen-bond donors (Lipinski definition) is 1. The Hall–Kier alpha value is -1.31. The van der Waals surface area contributed by atoms with E-state index in [0.717, 1.165) is 24.4 Å². The number of para-hydroxylation sites is 1. The molecule has 0 aromatic heterocycles. The molecule has 0 bridgehead atoms. The van der Waals surface area contributed by atoms with Gasteiger partial charge in [-0.25, -0.2) is 5.50 Å². The zero-order valence-electron chi connectivity index (χ0n) is 12.9. The van der Waals surface area contributed by atoms with Crippen molar-refractivity contribution in [2.75, 3.05) is 0 Å². The van der Waals surface area contributed by atoms with Gasteiger partial charge in [0, 0.05) is 0 Å². The third-order valence-electron chi connectivity index (χ3n) is 2.14. The molecule has 0 amide bonds. The van der Waals surface area contributed by atoms with E-state index in [1.807, 2.05) is 57.2 Å². The van der Waals surface area contributed by atoms with Gasteiger partial charge in [0.15, 0.2) is 0 Å². The van der Waals surface area contributed by atoms with E-state index in [9.17, 15) is 0 Å². The van der Waals surface area contributed by atoms with Crippen LogP contribution in [0.3, 0.4) is 0 Å². The topological polar surface area (TPSA) is 44.5 Å². The number of hydrogen-bond acceptors (Lipinski definition) is 3. The van der Waals surface area contributed by atoms with Crippen molar-refractivity contribution in [2.45, 2.75) is 40.5 Å². The molecule has 0 spiro atoms. The van der Waals surface area contributed by atoms with Gasteiger partial charge in [-0.3, -0.25) is 0 Å². The second-order valence-electron chi connectivity index (χ2n) is 3.98. The lowest BCUT2D eigenvalue weighted by atomic mass is 10.3. The molecule has 1 unspecified atom stereocenters. The summed E-state index contributed by atoms with van der Waals surface area (Å²) < 4.78 is 10.8. The number of rotatable bonds is 6. The fourth-order valence-electron chi connectivity index (χ4n) is 1.31. The predicted molar refractivity (Wildman–Crippen MR) is 88.4 cm³/mol. The monoisotopic (exact) mass is 295 g/mol. The minimum atomic E-state index is -1.38. The minimum Gasteiger partial charge on any atom is -0.432 e. The Bertz CT molecular complexity index is 391. The molecule has 1 aromatic carbocycles. The molecule has 1 aromatic rings. The van der Waals surface area contributed by atoms with Gasteiger partial charge in [-0.05, 0) is 44.9 Å². The van der Waals surface area contributed by atoms with Gasteiger partial charge in [0.2, 0.25) is 0 Å². The third kappa shape index (κ3) is 10.6. The first kappa shape index (κ1) is 18.7. The van der Waals surface area contributed by atoms with E-state index in [1.54, 1.807) is 0 Å². The van der Waals surface area contributed by atoms with Crippen molar-refractivity contribution in [3.05, 3.63) is 54.3 Å². The van der Waals surface area contributed by atoms with Crippen molar-refractivity contribution >= 4 is 8.53 Å². The molecule has 2 N–H and O–H groups in total. The lowest BCUT2D eigenvalue weighted by Gasteiger charge is -2.13. The Morgan fingerprint density at radius 1 is 1.20 bits per heavy atom. The van der Waals surface area contributed by atoms with E-state index in [0.29, 0.717) is 0 Å². The van der Waals surface area contributed by atoms with Gasteiger partial charge in [0.05, 0.1) is 5.76 Å². The first-order chi connectivity index (χ1) is 9.63. The van der Waals surface area contributed by atoms with Crippen LogP contribution >= 0.6 is 8.53 Å². The molecule has 0 aliphatic carbocycles. The highest BCUT2D eigenvalue weighted by Crippen LogP contribution is 2.33. The van der Waals surface area contributed by atoms with Crippen LogP contribution in [0.2, 0.25) is 0 Å². The first-order valence-electron chi connectivity index (χ1n) is 6.87. The van der Waals surface area contributed by atoms with Crippen LogP contribution in [0.25, 0.3) is 0 Å². The number of benzene rings is 1. The van der Waals surface area contributed by atoms with Gasteiger partial charge >= 0.3 is 8.53 Å². The van der Waals surface area contributed by atoms with Crippen LogP contribution in [0.1, 0.15) is 40.5 Å². The second-order valence-corrected chi connectivity index (χ2v) is 4.92. The Morgan fingerprint density at radius 3 is 2.30 bits per heavy atom. The average Bonchev–Trinajstić information content (AvgIpc) is 2.41. The van der Waals surface area contributed by atoms with Gasteiger partial charge < -0.3 is 9.05 Å². The van der Waals surface area contributed by atoms with Crippen LogP contribution < -0.4 is 10.0 Å². The second kappa shape index (κ2) is 12.7. The maximum atomic E-state index is 5.72. The molecular formula is C16H26NO2P. The van der Waals surface area contributed by atoms with Crippen molar-refractivity contribution in [1.82, 2.24) is 0 Å². The fraction of sp³-hybridized carbons (Fsp3) is 0.375. The van der Waals surface area contributed by atoms with Gasteiger partial charge in [0.1, 0.15) is 5.75 Å². The molecule has 0 saturated heterocycles. The normalized spacial score (nSPS) is 12.6. The summed E-state index contributed by atoms with van der Waals surface area (Å²) in [5.41, 5.74) is 5.72. The molecule has 1 rings (SSSR count). The zero-order valence-corrected chi connectivity index (χ0v) is 13.8. The van der Waals surface area contributed by atoms with Crippen LogP contribution in [0.5, 0.6) is 5.75 Å². The third-order valence-corrected chi connectivity index (χ3v) is 2.99. The molecule has 0 aliphatic heterocycles. The van der Waals surface area contributed by atoms with Crippen LogP contribution in [-0.2, 0) is 4.52 Å². The fourth-order valence-corrected chi connectivity index (χ4v) is 2.03. The molecular weight excluding hydrogens is 269 g/mol. The lowest BCUT2D eigenvalue weighted by Crippen LogP contribution is -1.99. The molecule has 4 heteroatoms. The SMILES string of the molecule is C/C=C\CC.CC/C=C(\C)OP(N)Oc1ccccc1. The average molecular weight is 295 g/mol. The molecule has 3 nitrogen and oxygen atoms in total. The predicted octanol–water partition coefficient (Wildman–Crippen LogP) is 5.55. The van der Waals surface area contributed by atoms with Gasteiger partial charge in [-0.1, -0.05) is 44.2 Å². The molecule has 112 valence electrons. The standard InChI is InChI=1S/C11H16NO2P.C5H10/c1-3-7-10(2)13-15(12)14-11-8-5-4-6-9-11;1-3-5-4-2/h4-9H,3,12H2,1-2H3;3,5H,4H2,1-2H3/b10-7+;5-3-. The van der Waals surface area contributed by atoms with E-state index in [4.69, 9.17) is 14.6 Å². The molecule has 20 heavy (non-hydrogen) atoms. The van der Waals surface area contributed by atoms with Crippen molar-refractivity contribution < 1.29 is 9.05 Å². The highest BCUT2D eigenvalue weighted by atomic mass is 31.2. The largest absolute Gasteiger partial charge is 0.432 e. The highest BCUT2D eigenvalue weighted by molar-refractivity contribution is 7.45. The van der Waals surface area contributed by atoms with Crippen molar-refractivity contribution in [2.24, 2.45) is 5.50 Å². The Kier molecular flexibility index (Phi) is 11.9. The highest BCUT2D eigenvalue weighted by Gasteiger charge is 2.07. The van der Waals surface area contributed by atoms with Crippen molar-refractivity contribution in [3.63, 3.8) is 0 Å². The smallest absolute Gasteiger partial charge is 0.378 e. The minimum absolute atomic E-state index is 0.732. The van der Waals surface area contributed by atoms with E-state index < -0.39 is 8.53 Å². The summed E-state index contributed by atoms with van der Waals surface area (Å²) in [6.45, 7) is 8.08. The van der Waals surface area contributed by atoms with Gasteiger partial charge in [-0.15, -0.1) is 0 Å². The van der Waals surface area contributed by atoms with Gasteiger partial charge in [0.25, 0.3) is 0 Å². The van der Waals surface area contributed by atoms with E-state index >= 15 is 0 Å². The summed E-state index contributed by atoms with van der Waals surface area (Å²) in [5, 5.41) is 0. The molecule has 0 saturated carbocycles. The maximum absolute atomic E-state index is 5.72. The van der Waals surface area contributed by atoms with E-state index in [2.05, 4.69) is 19.1 Å². The van der Waals surface area contributed by atoms with Crippen LogP contribution in [0.15, 0.2) is 54.3 Å². The van der Waals surface area contributed by atoms with Gasteiger partial charge in [-0.2, -0.15) is 0 Å². The van der Waals surface area contributed by atoms with Crippen molar-refractivity contribution in [3.8, 4) is 5.75 Å². The summed E-state index contributed by atoms with van der Waals surface area (Å²) in [7, 11) is -1.38. The molecule has 0 fully saturated rings. The Labute approximate surface area is 124 Å². The lowest BCUT2D eigenvalue weighted by molar-refractivity contribution is 0.405. The zero-order chi connectivity index (χ0) is 15.2. The van der Waals surface area contributed by atoms with Crippen LogP contribution in [0, 0.1) is 0 Å². The van der Waals surface area contributed by atoms with Crippen LogP contribution in [-0.4, -0.2) is 0 Å². The number of nitrogens with two attached hydrogens (primary N) is 1. The summed E-state index contributed by atoms with van der Waals surface area (Å²) in [6.07, 6.45) is 8.24. The maximum Gasteiger partial charge on any atom is 0.378 e. The van der Waals surface area contributed by atoms with Crippen molar-refractivity contribution in [1.29, 1.82) is 0 Å². The summed E-state index contributed by atoms with van der Waals surface area (Å²) in [5.74, 6) is 1.54. The first-order valence-corrected chi connectivity index (χ1v) is 8.12. The molecule has 1 atom stereocenters. The van der Waals surface area contributed by atoms with E-state index in [1.165, 1.54) is 0 Å². The summed E-state index contributed by atoms with van der Waals surface area (Å²) in [6, 6.07) is 9.42. The Balaban J connectivity index is 0.000000621. The molecule has 0 radical (unpaired) electrons. The molecule has 0 aliphatic rings. The molecule has 0 heterocycles. The number of allylic oxidation sites excluding steroid dienone is 4. The van der Waals surface area contributed by atoms with Crippen LogP contribution in [0.4, 0.5) is 0 Å². The Morgan fingerprint density at radius 2 is 1.85 bits per heavy atom. The van der Waals surface area contributed by atoms with E-state index in [-0.39, 0.29) is 0 Å².